The minimum Gasteiger partial charge on any atom is -0.404 e. The Kier molecular flexibility index (Phi) is 3.75. The van der Waals surface area contributed by atoms with Crippen molar-refractivity contribution < 1.29 is 17.9 Å². The number of hydrogen-bond acceptors (Lipinski definition) is 4. The molecule has 0 atom stereocenters. The van der Waals surface area contributed by atoms with Crippen molar-refractivity contribution in [1.29, 1.82) is 5.26 Å². The van der Waals surface area contributed by atoms with Crippen LogP contribution < -0.4 is 10.1 Å². The number of anilines is 2. The van der Waals surface area contributed by atoms with E-state index in [4.69, 9.17) is 5.26 Å². The summed E-state index contributed by atoms with van der Waals surface area (Å²) in [5.74, 6) is -0.0478. The molecule has 0 amide bonds. The molecule has 0 aliphatic heterocycles. The molecule has 0 saturated carbocycles. The number of para-hydroxylation sites is 2. The molecule has 2 aromatic rings. The van der Waals surface area contributed by atoms with Crippen molar-refractivity contribution in [1.82, 2.24) is 4.98 Å². The molecule has 20 heavy (non-hydrogen) atoms. The number of aromatic nitrogens is 1. The van der Waals surface area contributed by atoms with E-state index in [0.29, 0.717) is 11.4 Å². The van der Waals surface area contributed by atoms with Crippen LogP contribution in [-0.2, 0) is 0 Å². The zero-order valence-corrected chi connectivity index (χ0v) is 9.98. The van der Waals surface area contributed by atoms with Gasteiger partial charge in [-0.2, -0.15) is 5.26 Å². The van der Waals surface area contributed by atoms with Gasteiger partial charge in [0.15, 0.2) is 5.75 Å². The Morgan fingerprint density at radius 3 is 2.50 bits per heavy atom. The Morgan fingerprint density at radius 1 is 1.15 bits per heavy atom. The Labute approximate surface area is 112 Å². The molecule has 7 heteroatoms. The Balaban J connectivity index is 2.22. The van der Waals surface area contributed by atoms with Crippen molar-refractivity contribution in [3.63, 3.8) is 0 Å². The summed E-state index contributed by atoms with van der Waals surface area (Å²) in [6.45, 7) is 0. The van der Waals surface area contributed by atoms with Gasteiger partial charge in [-0.25, -0.2) is 4.98 Å². The minimum absolute atomic E-state index is 0.127. The zero-order chi connectivity index (χ0) is 14.6. The molecule has 1 aromatic carbocycles. The summed E-state index contributed by atoms with van der Waals surface area (Å²) in [7, 11) is 0. The van der Waals surface area contributed by atoms with E-state index >= 15 is 0 Å². The summed E-state index contributed by atoms with van der Waals surface area (Å²) in [5, 5.41) is 11.3. The average molecular weight is 279 g/mol. The van der Waals surface area contributed by atoms with Crippen LogP contribution in [0.1, 0.15) is 5.56 Å². The van der Waals surface area contributed by atoms with Gasteiger partial charge in [0.1, 0.15) is 11.9 Å². The summed E-state index contributed by atoms with van der Waals surface area (Å²) >= 11 is 0. The first-order chi connectivity index (χ1) is 9.48. The molecule has 0 radical (unpaired) electrons. The number of ether oxygens (including phenoxy) is 1. The minimum atomic E-state index is -4.77. The number of pyridine rings is 1. The van der Waals surface area contributed by atoms with Crippen molar-refractivity contribution in [3.05, 3.63) is 48.2 Å². The molecule has 0 aliphatic carbocycles. The zero-order valence-electron chi connectivity index (χ0n) is 9.98. The molecule has 0 bridgehead atoms. The van der Waals surface area contributed by atoms with E-state index in [0.717, 1.165) is 0 Å². The van der Waals surface area contributed by atoms with E-state index in [9.17, 15) is 13.2 Å². The van der Waals surface area contributed by atoms with Crippen LogP contribution in [0.5, 0.6) is 5.75 Å². The van der Waals surface area contributed by atoms with Crippen LogP contribution >= 0.6 is 0 Å². The highest BCUT2D eigenvalue weighted by molar-refractivity contribution is 5.64. The summed E-state index contributed by atoms with van der Waals surface area (Å²) in [6, 6.07) is 10.5. The molecule has 0 spiro atoms. The Morgan fingerprint density at radius 2 is 1.90 bits per heavy atom. The van der Waals surface area contributed by atoms with Crippen molar-refractivity contribution in [3.8, 4) is 11.8 Å². The van der Waals surface area contributed by atoms with Gasteiger partial charge in [0.2, 0.25) is 0 Å². The SMILES string of the molecule is N#Cc1ccc(Nc2ccccc2OC(F)(F)F)nc1. The predicted molar refractivity (Wildman–Crippen MR) is 65.4 cm³/mol. The van der Waals surface area contributed by atoms with Gasteiger partial charge in [0, 0.05) is 6.20 Å². The van der Waals surface area contributed by atoms with Crippen LogP contribution in [0.25, 0.3) is 0 Å². The number of rotatable bonds is 3. The van der Waals surface area contributed by atoms with Gasteiger partial charge < -0.3 is 10.1 Å². The lowest BCUT2D eigenvalue weighted by molar-refractivity contribution is -0.274. The smallest absolute Gasteiger partial charge is 0.404 e. The van der Waals surface area contributed by atoms with Gasteiger partial charge in [-0.3, -0.25) is 0 Å². The quantitative estimate of drug-likeness (QED) is 0.932. The Bertz CT molecular complexity index is 633. The van der Waals surface area contributed by atoms with Crippen LogP contribution in [-0.4, -0.2) is 11.3 Å². The molecule has 2 rings (SSSR count). The molecule has 4 nitrogen and oxygen atoms in total. The maximum absolute atomic E-state index is 12.3. The fourth-order valence-electron chi connectivity index (χ4n) is 1.46. The lowest BCUT2D eigenvalue weighted by Crippen LogP contribution is -2.17. The highest BCUT2D eigenvalue weighted by Crippen LogP contribution is 2.31. The molecule has 0 unspecified atom stereocenters. The van der Waals surface area contributed by atoms with Gasteiger partial charge in [-0.15, -0.1) is 13.2 Å². The van der Waals surface area contributed by atoms with E-state index in [1.54, 1.807) is 6.07 Å². The number of nitriles is 1. The molecular formula is C13H8F3N3O. The third-order valence-corrected chi connectivity index (χ3v) is 2.27. The third kappa shape index (κ3) is 3.62. The molecule has 0 saturated heterocycles. The fraction of sp³-hybridized carbons (Fsp3) is 0.0769. The molecule has 0 fully saturated rings. The number of hydrogen-bond donors (Lipinski definition) is 1. The summed E-state index contributed by atoms with van der Waals surface area (Å²) in [6.07, 6.45) is -3.45. The molecule has 102 valence electrons. The topological polar surface area (TPSA) is 57.9 Å². The second-order valence-corrected chi connectivity index (χ2v) is 3.71. The second kappa shape index (κ2) is 5.48. The highest BCUT2D eigenvalue weighted by Gasteiger charge is 2.32. The number of nitrogens with zero attached hydrogens (tertiary/aromatic N) is 2. The van der Waals surface area contributed by atoms with Crippen molar-refractivity contribution in [2.24, 2.45) is 0 Å². The van der Waals surface area contributed by atoms with Crippen LogP contribution in [0, 0.1) is 11.3 Å². The summed E-state index contributed by atoms with van der Waals surface area (Å²) in [4.78, 5) is 3.91. The van der Waals surface area contributed by atoms with Gasteiger partial charge in [-0.05, 0) is 24.3 Å². The van der Waals surface area contributed by atoms with Crippen molar-refractivity contribution in [2.75, 3.05) is 5.32 Å². The lowest BCUT2D eigenvalue weighted by atomic mass is 10.2. The van der Waals surface area contributed by atoms with Gasteiger partial charge >= 0.3 is 6.36 Å². The maximum Gasteiger partial charge on any atom is 0.573 e. The van der Waals surface area contributed by atoms with E-state index in [1.807, 2.05) is 6.07 Å². The molecule has 1 aromatic heterocycles. The fourth-order valence-corrected chi connectivity index (χ4v) is 1.46. The molecule has 1 N–H and O–H groups in total. The summed E-state index contributed by atoms with van der Waals surface area (Å²) < 4.78 is 40.7. The van der Waals surface area contributed by atoms with Gasteiger partial charge in [-0.1, -0.05) is 12.1 Å². The van der Waals surface area contributed by atoms with Crippen molar-refractivity contribution in [2.45, 2.75) is 6.36 Å². The van der Waals surface area contributed by atoms with E-state index in [1.165, 1.54) is 36.5 Å². The second-order valence-electron chi connectivity index (χ2n) is 3.71. The number of nitrogens with one attached hydrogen (secondary N) is 1. The number of halogens is 3. The summed E-state index contributed by atoms with van der Waals surface area (Å²) in [5.41, 5.74) is 0.484. The predicted octanol–water partition coefficient (Wildman–Crippen LogP) is 3.60. The van der Waals surface area contributed by atoms with Crippen LogP contribution in [0.3, 0.4) is 0 Å². The van der Waals surface area contributed by atoms with Gasteiger partial charge in [0.25, 0.3) is 0 Å². The largest absolute Gasteiger partial charge is 0.573 e. The van der Waals surface area contributed by atoms with Crippen LogP contribution in [0.4, 0.5) is 24.7 Å². The Hall–Kier alpha value is -2.75. The van der Waals surface area contributed by atoms with E-state index in [-0.39, 0.29) is 11.4 Å². The first-order valence-corrected chi connectivity index (χ1v) is 5.46. The maximum atomic E-state index is 12.3. The van der Waals surface area contributed by atoms with Crippen LogP contribution in [0.15, 0.2) is 42.6 Å². The standard InChI is InChI=1S/C13H8F3N3O/c14-13(15,16)20-11-4-2-1-3-10(11)19-12-6-5-9(7-17)8-18-12/h1-6,8H,(H,18,19). The lowest BCUT2D eigenvalue weighted by Gasteiger charge is -2.14. The van der Waals surface area contributed by atoms with Crippen molar-refractivity contribution >= 4 is 11.5 Å². The number of alkyl halides is 3. The molecule has 0 aliphatic rings. The first-order valence-electron chi connectivity index (χ1n) is 5.46. The third-order valence-electron chi connectivity index (χ3n) is 2.27. The number of benzene rings is 1. The molecular weight excluding hydrogens is 271 g/mol. The van der Waals surface area contributed by atoms with E-state index in [2.05, 4.69) is 15.0 Å². The highest BCUT2D eigenvalue weighted by atomic mass is 19.4. The van der Waals surface area contributed by atoms with Crippen LogP contribution in [0.2, 0.25) is 0 Å². The van der Waals surface area contributed by atoms with E-state index < -0.39 is 6.36 Å². The average Bonchev–Trinajstić information content (AvgIpc) is 2.40. The first kappa shape index (κ1) is 13.7. The van der Waals surface area contributed by atoms with Gasteiger partial charge in [0.05, 0.1) is 11.3 Å². The monoisotopic (exact) mass is 279 g/mol. The normalized spacial score (nSPS) is 10.7. The molecule has 1 heterocycles.